The Morgan fingerprint density at radius 2 is 2.00 bits per heavy atom. The average molecular weight is 386 g/mol. The minimum absolute atomic E-state index is 0. The molecule has 0 bridgehead atoms. The molecular weight excluding hydrogens is 354 g/mol. The third-order valence-electron chi connectivity index (χ3n) is 4.55. The average Bonchev–Trinajstić information content (AvgIpc) is 3.03. The van der Waals surface area contributed by atoms with Gasteiger partial charge in [0.2, 0.25) is 5.91 Å². The summed E-state index contributed by atoms with van der Waals surface area (Å²) in [6.45, 7) is 4.73. The van der Waals surface area contributed by atoms with Crippen molar-refractivity contribution in [1.82, 2.24) is 20.4 Å². The number of hydrogen-bond acceptors (Lipinski definition) is 4. The van der Waals surface area contributed by atoms with Gasteiger partial charge in [-0.1, -0.05) is 33.1 Å². The van der Waals surface area contributed by atoms with Gasteiger partial charge in [0.15, 0.2) is 0 Å². The molecule has 26 heavy (non-hydrogen) atoms. The van der Waals surface area contributed by atoms with Gasteiger partial charge in [-0.15, -0.1) is 12.4 Å². The maximum atomic E-state index is 12.3. The Balaban J connectivity index is 0.00000338. The van der Waals surface area contributed by atoms with Crippen molar-refractivity contribution in [3.05, 3.63) is 18.0 Å². The Morgan fingerprint density at radius 1 is 1.31 bits per heavy atom. The van der Waals surface area contributed by atoms with Gasteiger partial charge in [0.05, 0.1) is 11.8 Å². The molecule has 8 heteroatoms. The first-order chi connectivity index (χ1) is 12.0. The molecule has 1 saturated carbocycles. The van der Waals surface area contributed by atoms with Crippen molar-refractivity contribution in [2.45, 2.75) is 71.0 Å². The minimum Gasteiger partial charge on any atom is -0.352 e. The molecule has 4 N–H and O–H groups in total. The predicted octanol–water partition coefficient (Wildman–Crippen LogP) is 1.86. The molecule has 1 fully saturated rings. The van der Waals surface area contributed by atoms with Crippen molar-refractivity contribution >= 4 is 24.2 Å². The minimum atomic E-state index is -0.199. The number of halogens is 1. The molecule has 0 aliphatic heterocycles. The highest BCUT2D eigenvalue weighted by atomic mass is 35.5. The number of aromatic nitrogens is 2. The fourth-order valence-corrected chi connectivity index (χ4v) is 3.29. The van der Waals surface area contributed by atoms with Crippen LogP contribution in [0.3, 0.4) is 0 Å². The first-order valence-corrected chi connectivity index (χ1v) is 9.30. The summed E-state index contributed by atoms with van der Waals surface area (Å²) in [4.78, 5) is 24.4. The Hall–Kier alpha value is -1.60. The molecule has 2 amide bonds. The second-order valence-corrected chi connectivity index (χ2v) is 7.36. The van der Waals surface area contributed by atoms with Gasteiger partial charge in [0, 0.05) is 24.8 Å². The Kier molecular flexibility index (Phi) is 9.65. The maximum Gasteiger partial charge on any atom is 0.254 e. The van der Waals surface area contributed by atoms with Crippen LogP contribution in [0, 0.1) is 5.92 Å². The van der Waals surface area contributed by atoms with Crippen LogP contribution >= 0.6 is 12.4 Å². The predicted molar refractivity (Wildman–Crippen MR) is 104 cm³/mol. The SMILES string of the molecule is CC(C)CC(CN)NC(=O)c1cnn(CC(=O)NC2CCCCC2)c1.Cl. The highest BCUT2D eigenvalue weighted by Gasteiger charge is 2.18. The van der Waals surface area contributed by atoms with Crippen molar-refractivity contribution in [2.75, 3.05) is 6.54 Å². The first-order valence-electron chi connectivity index (χ1n) is 9.30. The zero-order valence-corrected chi connectivity index (χ0v) is 16.6. The molecule has 1 aliphatic carbocycles. The maximum absolute atomic E-state index is 12.3. The number of rotatable bonds is 8. The second kappa shape index (κ2) is 11.2. The molecule has 0 radical (unpaired) electrons. The quantitative estimate of drug-likeness (QED) is 0.635. The number of nitrogens with one attached hydrogen (secondary N) is 2. The summed E-state index contributed by atoms with van der Waals surface area (Å²) < 4.78 is 1.51. The summed E-state index contributed by atoms with van der Waals surface area (Å²) >= 11 is 0. The van der Waals surface area contributed by atoms with Gasteiger partial charge in [-0.25, -0.2) is 0 Å². The molecule has 1 heterocycles. The third-order valence-corrected chi connectivity index (χ3v) is 4.55. The van der Waals surface area contributed by atoms with Crippen LogP contribution in [0.5, 0.6) is 0 Å². The van der Waals surface area contributed by atoms with Crippen LogP contribution in [0.4, 0.5) is 0 Å². The lowest BCUT2D eigenvalue weighted by atomic mass is 9.95. The highest BCUT2D eigenvalue weighted by molar-refractivity contribution is 5.94. The molecule has 0 spiro atoms. The molecule has 1 aliphatic rings. The third kappa shape index (κ3) is 7.33. The largest absolute Gasteiger partial charge is 0.352 e. The number of nitrogens with zero attached hydrogens (tertiary/aromatic N) is 2. The van der Waals surface area contributed by atoms with Crippen molar-refractivity contribution in [2.24, 2.45) is 11.7 Å². The molecule has 148 valence electrons. The zero-order valence-electron chi connectivity index (χ0n) is 15.7. The van der Waals surface area contributed by atoms with Gasteiger partial charge in [-0.2, -0.15) is 5.10 Å². The van der Waals surface area contributed by atoms with Crippen LogP contribution in [0.1, 0.15) is 62.7 Å². The van der Waals surface area contributed by atoms with E-state index in [1.165, 1.54) is 30.1 Å². The van der Waals surface area contributed by atoms with Crippen molar-refractivity contribution < 1.29 is 9.59 Å². The number of carbonyl (C=O) groups excluding carboxylic acids is 2. The van der Waals surface area contributed by atoms with E-state index in [0.717, 1.165) is 19.3 Å². The van der Waals surface area contributed by atoms with Gasteiger partial charge in [0.25, 0.3) is 5.91 Å². The monoisotopic (exact) mass is 385 g/mol. The van der Waals surface area contributed by atoms with Crippen molar-refractivity contribution in [1.29, 1.82) is 0 Å². The summed E-state index contributed by atoms with van der Waals surface area (Å²) in [7, 11) is 0. The van der Waals surface area contributed by atoms with Gasteiger partial charge >= 0.3 is 0 Å². The lowest BCUT2D eigenvalue weighted by molar-refractivity contribution is -0.122. The van der Waals surface area contributed by atoms with E-state index in [4.69, 9.17) is 5.73 Å². The number of carbonyl (C=O) groups is 2. The molecule has 1 aromatic heterocycles. The molecule has 0 saturated heterocycles. The van der Waals surface area contributed by atoms with E-state index in [9.17, 15) is 9.59 Å². The summed E-state index contributed by atoms with van der Waals surface area (Å²) in [6.07, 6.45) is 9.64. The van der Waals surface area contributed by atoms with Crippen LogP contribution in [-0.2, 0) is 11.3 Å². The van der Waals surface area contributed by atoms with E-state index < -0.39 is 0 Å². The standard InChI is InChI=1S/C18H31N5O2.ClH/c1-13(2)8-16(9-19)22-18(25)14-10-20-23(11-14)12-17(24)21-15-6-4-3-5-7-15;/h10-11,13,15-16H,3-9,12,19H2,1-2H3,(H,21,24)(H,22,25);1H. The van der Waals surface area contributed by atoms with Crippen molar-refractivity contribution in [3.8, 4) is 0 Å². The van der Waals surface area contributed by atoms with E-state index in [0.29, 0.717) is 18.0 Å². The summed E-state index contributed by atoms with van der Waals surface area (Å²) in [5.74, 6) is 0.205. The van der Waals surface area contributed by atoms with Crippen LogP contribution < -0.4 is 16.4 Å². The highest BCUT2D eigenvalue weighted by Crippen LogP contribution is 2.17. The van der Waals surface area contributed by atoms with Crippen LogP contribution in [0.15, 0.2) is 12.4 Å². The first kappa shape index (κ1) is 22.4. The number of nitrogens with two attached hydrogens (primary N) is 1. The van der Waals surface area contributed by atoms with Gasteiger partial charge in [-0.05, 0) is 25.2 Å². The zero-order chi connectivity index (χ0) is 18.2. The van der Waals surface area contributed by atoms with E-state index in [2.05, 4.69) is 29.6 Å². The second-order valence-electron chi connectivity index (χ2n) is 7.36. The van der Waals surface area contributed by atoms with Crippen LogP contribution in [0.25, 0.3) is 0 Å². The molecule has 7 nitrogen and oxygen atoms in total. The fraction of sp³-hybridized carbons (Fsp3) is 0.722. The van der Waals surface area contributed by atoms with E-state index in [1.807, 2.05) is 0 Å². The van der Waals surface area contributed by atoms with Gasteiger partial charge in [-0.3, -0.25) is 14.3 Å². The molecular formula is C18H32ClN5O2. The normalized spacial score (nSPS) is 16.0. The number of hydrogen-bond donors (Lipinski definition) is 3. The van der Waals surface area contributed by atoms with Crippen LogP contribution in [0.2, 0.25) is 0 Å². The van der Waals surface area contributed by atoms with Gasteiger partial charge < -0.3 is 16.4 Å². The van der Waals surface area contributed by atoms with Gasteiger partial charge in [0.1, 0.15) is 6.54 Å². The number of amides is 2. The smallest absolute Gasteiger partial charge is 0.254 e. The Bertz CT molecular complexity index is 570. The fourth-order valence-electron chi connectivity index (χ4n) is 3.29. The summed E-state index contributed by atoms with van der Waals surface area (Å²) in [5, 5.41) is 10.1. The molecule has 2 rings (SSSR count). The summed E-state index contributed by atoms with van der Waals surface area (Å²) in [5.41, 5.74) is 6.17. The summed E-state index contributed by atoms with van der Waals surface area (Å²) in [6, 6.07) is 0.228. The van der Waals surface area contributed by atoms with Crippen molar-refractivity contribution in [3.63, 3.8) is 0 Å². The Labute approximate surface area is 161 Å². The van der Waals surface area contributed by atoms with E-state index in [-0.39, 0.29) is 42.8 Å². The molecule has 1 atom stereocenters. The molecule has 1 aromatic rings. The van der Waals surface area contributed by atoms with Crippen LogP contribution in [-0.4, -0.2) is 40.2 Å². The topological polar surface area (TPSA) is 102 Å². The molecule has 0 aromatic carbocycles. The van der Waals surface area contributed by atoms with E-state index in [1.54, 1.807) is 6.20 Å². The lowest BCUT2D eigenvalue weighted by Crippen LogP contribution is -2.41. The molecule has 1 unspecified atom stereocenters. The Morgan fingerprint density at radius 3 is 2.62 bits per heavy atom. The lowest BCUT2D eigenvalue weighted by Gasteiger charge is -2.22. The van der Waals surface area contributed by atoms with E-state index >= 15 is 0 Å².